The number of benzene rings is 1. The summed E-state index contributed by atoms with van der Waals surface area (Å²) in [5.41, 5.74) is 1.47. The van der Waals surface area contributed by atoms with Crippen molar-refractivity contribution in [2.45, 2.75) is 76.7 Å². The first-order chi connectivity index (χ1) is 16.4. The van der Waals surface area contributed by atoms with Gasteiger partial charge in [0.2, 0.25) is 5.91 Å². The molecule has 1 heterocycles. The van der Waals surface area contributed by atoms with E-state index in [1.54, 1.807) is 0 Å². The fourth-order valence-electron chi connectivity index (χ4n) is 6.97. The molecular formula is C27H36N4O2S. The number of carbonyl (C=O) groups is 1. The van der Waals surface area contributed by atoms with Crippen molar-refractivity contribution < 1.29 is 9.53 Å². The van der Waals surface area contributed by atoms with E-state index in [0.717, 1.165) is 40.0 Å². The second-order valence-corrected chi connectivity index (χ2v) is 11.7. The van der Waals surface area contributed by atoms with E-state index in [1.165, 1.54) is 50.3 Å². The molecule has 1 aromatic carbocycles. The molecule has 0 saturated heterocycles. The van der Waals surface area contributed by atoms with Crippen molar-refractivity contribution in [3.05, 3.63) is 48.3 Å². The summed E-state index contributed by atoms with van der Waals surface area (Å²) in [6.07, 6.45) is 9.97. The standard InChI is InChI=1S/C27H36N4O2S/c1-4-8-31-24(16-33-23-7-5-6-18(2)9-23)29-30-26(31)34-17-25(32)28-19(3)27-13-20-10-21(14-27)12-22(11-20)15-27/h4-7,9,19-22H,1,8,10-17H2,2-3H3,(H,28,32). The predicted molar refractivity (Wildman–Crippen MR) is 135 cm³/mol. The van der Waals surface area contributed by atoms with Gasteiger partial charge < -0.3 is 10.1 Å². The molecule has 1 unspecified atom stereocenters. The highest BCUT2D eigenvalue weighted by Crippen LogP contribution is 2.61. The summed E-state index contributed by atoms with van der Waals surface area (Å²) in [7, 11) is 0. The Morgan fingerprint density at radius 3 is 2.62 bits per heavy atom. The van der Waals surface area contributed by atoms with Crippen molar-refractivity contribution >= 4 is 17.7 Å². The quantitative estimate of drug-likeness (QED) is 0.376. The molecule has 1 N–H and O–H groups in total. The van der Waals surface area contributed by atoms with Crippen LogP contribution in [-0.2, 0) is 17.9 Å². The van der Waals surface area contributed by atoms with Crippen LogP contribution in [0.2, 0.25) is 0 Å². The zero-order valence-electron chi connectivity index (χ0n) is 20.3. The Morgan fingerprint density at radius 1 is 1.26 bits per heavy atom. The van der Waals surface area contributed by atoms with Crippen LogP contribution in [0, 0.1) is 30.1 Å². The molecular weight excluding hydrogens is 444 g/mol. The molecule has 4 fully saturated rings. The first kappa shape index (κ1) is 23.5. The third-order valence-corrected chi connectivity index (χ3v) is 9.14. The Labute approximate surface area is 206 Å². The number of nitrogens with one attached hydrogen (secondary N) is 1. The molecule has 34 heavy (non-hydrogen) atoms. The molecule has 4 aliphatic rings. The monoisotopic (exact) mass is 480 g/mol. The van der Waals surface area contributed by atoms with Gasteiger partial charge in [-0.05, 0) is 93.2 Å². The molecule has 1 amide bonds. The molecule has 4 saturated carbocycles. The van der Waals surface area contributed by atoms with Gasteiger partial charge in [-0.3, -0.25) is 9.36 Å². The fraction of sp³-hybridized carbons (Fsp3) is 0.593. The lowest BCUT2D eigenvalue weighted by Gasteiger charge is -2.59. The van der Waals surface area contributed by atoms with Crippen molar-refractivity contribution in [2.24, 2.45) is 23.2 Å². The lowest BCUT2D eigenvalue weighted by Crippen LogP contribution is -2.56. The summed E-state index contributed by atoms with van der Waals surface area (Å²) in [6.45, 7) is 9.03. The molecule has 0 radical (unpaired) electrons. The molecule has 0 spiro atoms. The molecule has 4 bridgehead atoms. The van der Waals surface area contributed by atoms with Crippen LogP contribution >= 0.6 is 11.8 Å². The summed E-state index contributed by atoms with van der Waals surface area (Å²) in [5.74, 6) is 4.62. The van der Waals surface area contributed by atoms with Crippen LogP contribution in [0.1, 0.15) is 56.8 Å². The summed E-state index contributed by atoms with van der Waals surface area (Å²) in [5, 5.41) is 12.7. The van der Waals surface area contributed by atoms with Gasteiger partial charge in [-0.1, -0.05) is 30.0 Å². The Morgan fingerprint density at radius 2 is 1.97 bits per heavy atom. The minimum Gasteiger partial charge on any atom is -0.486 e. The molecule has 6 rings (SSSR count). The molecule has 1 atom stereocenters. The van der Waals surface area contributed by atoms with E-state index in [1.807, 2.05) is 41.8 Å². The smallest absolute Gasteiger partial charge is 0.230 e. The number of rotatable bonds is 10. The normalized spacial score (nSPS) is 28.0. The number of carbonyl (C=O) groups excluding carboxylic acids is 1. The Bertz CT molecular complexity index is 1010. The third-order valence-electron chi connectivity index (χ3n) is 8.18. The van der Waals surface area contributed by atoms with Crippen LogP contribution in [0.15, 0.2) is 42.1 Å². The number of amides is 1. The van der Waals surface area contributed by atoms with E-state index in [-0.39, 0.29) is 11.9 Å². The molecule has 1 aromatic heterocycles. The number of hydrogen-bond donors (Lipinski definition) is 1. The number of thioether (sulfide) groups is 1. The van der Waals surface area contributed by atoms with Crippen molar-refractivity contribution in [1.29, 1.82) is 0 Å². The van der Waals surface area contributed by atoms with E-state index in [2.05, 4.69) is 29.0 Å². The first-order valence-electron chi connectivity index (χ1n) is 12.6. The fourth-order valence-corrected chi connectivity index (χ4v) is 7.75. The van der Waals surface area contributed by atoms with Gasteiger partial charge >= 0.3 is 0 Å². The van der Waals surface area contributed by atoms with E-state index >= 15 is 0 Å². The Hall–Kier alpha value is -2.28. The van der Waals surface area contributed by atoms with Crippen LogP contribution in [-0.4, -0.2) is 32.5 Å². The minimum absolute atomic E-state index is 0.0824. The summed E-state index contributed by atoms with van der Waals surface area (Å²) in [6, 6.07) is 8.18. The van der Waals surface area contributed by atoms with Gasteiger partial charge in [-0.2, -0.15) is 0 Å². The van der Waals surface area contributed by atoms with Gasteiger partial charge in [0.05, 0.1) is 5.75 Å². The predicted octanol–water partition coefficient (Wildman–Crippen LogP) is 5.16. The largest absolute Gasteiger partial charge is 0.486 e. The zero-order chi connectivity index (χ0) is 23.7. The summed E-state index contributed by atoms with van der Waals surface area (Å²) < 4.78 is 7.90. The number of hydrogen-bond acceptors (Lipinski definition) is 5. The maximum absolute atomic E-state index is 12.9. The van der Waals surface area contributed by atoms with Crippen LogP contribution in [0.4, 0.5) is 0 Å². The first-order valence-corrected chi connectivity index (χ1v) is 13.6. The molecule has 182 valence electrons. The van der Waals surface area contributed by atoms with Crippen molar-refractivity contribution in [2.75, 3.05) is 5.75 Å². The van der Waals surface area contributed by atoms with Gasteiger partial charge in [-0.15, -0.1) is 16.8 Å². The second kappa shape index (κ2) is 9.76. The average Bonchev–Trinajstić information content (AvgIpc) is 3.17. The average molecular weight is 481 g/mol. The Balaban J connectivity index is 1.17. The third kappa shape index (κ3) is 4.90. The van der Waals surface area contributed by atoms with Crippen molar-refractivity contribution in [3.63, 3.8) is 0 Å². The van der Waals surface area contributed by atoms with Crippen LogP contribution in [0.25, 0.3) is 0 Å². The van der Waals surface area contributed by atoms with Gasteiger partial charge in [-0.25, -0.2) is 0 Å². The lowest BCUT2D eigenvalue weighted by molar-refractivity contribution is -0.123. The number of allylic oxidation sites excluding steroid dienone is 1. The van der Waals surface area contributed by atoms with Gasteiger partial charge in [0, 0.05) is 12.6 Å². The maximum Gasteiger partial charge on any atom is 0.230 e. The van der Waals surface area contributed by atoms with Gasteiger partial charge in [0.1, 0.15) is 12.4 Å². The van der Waals surface area contributed by atoms with Gasteiger partial charge in [0.15, 0.2) is 11.0 Å². The van der Waals surface area contributed by atoms with Gasteiger partial charge in [0.25, 0.3) is 0 Å². The summed E-state index contributed by atoms with van der Waals surface area (Å²) in [4.78, 5) is 12.9. The van der Waals surface area contributed by atoms with E-state index in [0.29, 0.717) is 24.3 Å². The molecule has 2 aromatic rings. The molecule has 6 nitrogen and oxygen atoms in total. The second-order valence-electron chi connectivity index (χ2n) is 10.8. The number of aromatic nitrogens is 3. The number of ether oxygens (including phenoxy) is 1. The summed E-state index contributed by atoms with van der Waals surface area (Å²) >= 11 is 1.43. The highest BCUT2D eigenvalue weighted by atomic mass is 32.2. The lowest BCUT2D eigenvalue weighted by atomic mass is 9.48. The highest BCUT2D eigenvalue weighted by molar-refractivity contribution is 7.99. The van der Waals surface area contributed by atoms with Crippen LogP contribution in [0.5, 0.6) is 5.75 Å². The minimum atomic E-state index is 0.0824. The topological polar surface area (TPSA) is 69.0 Å². The molecule has 7 heteroatoms. The Kier molecular flexibility index (Phi) is 6.74. The van der Waals surface area contributed by atoms with E-state index < -0.39 is 0 Å². The van der Waals surface area contributed by atoms with E-state index in [4.69, 9.17) is 4.74 Å². The SMILES string of the molecule is C=CCn1c(COc2cccc(C)c2)nnc1SCC(=O)NC(C)C12CC3CC(CC(C3)C1)C2. The maximum atomic E-state index is 12.9. The van der Waals surface area contributed by atoms with E-state index in [9.17, 15) is 4.79 Å². The van der Waals surface area contributed by atoms with Crippen LogP contribution in [0.3, 0.4) is 0 Å². The van der Waals surface area contributed by atoms with Crippen molar-refractivity contribution in [3.8, 4) is 5.75 Å². The number of aryl methyl sites for hydroxylation is 1. The molecule has 0 aliphatic heterocycles. The number of nitrogens with zero attached hydrogens (tertiary/aromatic N) is 3. The van der Waals surface area contributed by atoms with Crippen LogP contribution < -0.4 is 10.1 Å². The van der Waals surface area contributed by atoms with Crippen molar-refractivity contribution in [1.82, 2.24) is 20.1 Å². The highest BCUT2D eigenvalue weighted by Gasteiger charge is 2.53. The zero-order valence-corrected chi connectivity index (χ0v) is 21.2. The molecule has 4 aliphatic carbocycles.